The zero-order valence-corrected chi connectivity index (χ0v) is 17.2. The highest BCUT2D eigenvalue weighted by atomic mass is 32.2. The maximum Gasteiger partial charge on any atom is 0.196 e. The maximum absolute atomic E-state index is 13.3. The summed E-state index contributed by atoms with van der Waals surface area (Å²) in [6.07, 6.45) is 0. The molecule has 2 aromatic carbocycles. The first kappa shape index (κ1) is 18.5. The molecule has 0 saturated carbocycles. The molecule has 0 aliphatic rings. The molecular formula is C22H22N4OS. The Labute approximate surface area is 168 Å². The van der Waals surface area contributed by atoms with Crippen molar-refractivity contribution in [1.82, 2.24) is 19.7 Å². The largest absolute Gasteiger partial charge is 0.358 e. The molecule has 6 heteroatoms. The average Bonchev–Trinajstić information content (AvgIpc) is 3.19. The summed E-state index contributed by atoms with van der Waals surface area (Å²) in [5, 5.41) is 9.97. The van der Waals surface area contributed by atoms with Gasteiger partial charge in [0.25, 0.3) is 0 Å². The quantitative estimate of drug-likeness (QED) is 0.383. The van der Waals surface area contributed by atoms with E-state index in [0.717, 1.165) is 38.8 Å². The number of hydrogen-bond acceptors (Lipinski definition) is 4. The van der Waals surface area contributed by atoms with Crippen LogP contribution in [0.25, 0.3) is 16.6 Å². The summed E-state index contributed by atoms with van der Waals surface area (Å²) >= 11 is 1.44. The molecule has 0 spiro atoms. The van der Waals surface area contributed by atoms with E-state index in [1.54, 1.807) is 0 Å². The molecule has 0 amide bonds. The number of ketones is 1. The van der Waals surface area contributed by atoms with Crippen LogP contribution in [0.4, 0.5) is 0 Å². The van der Waals surface area contributed by atoms with Gasteiger partial charge in [0.15, 0.2) is 10.9 Å². The maximum atomic E-state index is 13.3. The Morgan fingerprint density at radius 2 is 1.86 bits per heavy atom. The van der Waals surface area contributed by atoms with Gasteiger partial charge in [0.1, 0.15) is 5.82 Å². The van der Waals surface area contributed by atoms with Crippen LogP contribution in [0.3, 0.4) is 0 Å². The Kier molecular flexibility index (Phi) is 4.81. The fraction of sp³-hybridized carbons (Fsp3) is 0.227. The molecule has 2 aromatic heterocycles. The summed E-state index contributed by atoms with van der Waals surface area (Å²) in [4.78, 5) is 16.6. The number of thioether (sulfide) groups is 1. The van der Waals surface area contributed by atoms with E-state index in [0.29, 0.717) is 0 Å². The van der Waals surface area contributed by atoms with Gasteiger partial charge in [-0.1, -0.05) is 42.1 Å². The number of aromatic amines is 1. The first-order valence-electron chi connectivity index (χ1n) is 9.23. The van der Waals surface area contributed by atoms with Crippen molar-refractivity contribution >= 4 is 28.4 Å². The van der Waals surface area contributed by atoms with E-state index in [9.17, 15) is 4.79 Å². The minimum Gasteiger partial charge on any atom is -0.358 e. The van der Waals surface area contributed by atoms with Gasteiger partial charge in [0, 0.05) is 27.8 Å². The van der Waals surface area contributed by atoms with E-state index in [1.807, 2.05) is 61.7 Å². The normalized spacial score (nSPS) is 12.4. The molecule has 1 atom stereocenters. The molecule has 1 N–H and O–H groups in total. The minimum absolute atomic E-state index is 0.0939. The molecular weight excluding hydrogens is 368 g/mol. The van der Waals surface area contributed by atoms with Crippen LogP contribution in [0.5, 0.6) is 0 Å². The highest BCUT2D eigenvalue weighted by molar-refractivity contribution is 8.00. The zero-order chi connectivity index (χ0) is 19.8. The lowest BCUT2D eigenvalue weighted by molar-refractivity contribution is 0.0995. The number of nitrogens with one attached hydrogen (secondary N) is 1. The van der Waals surface area contributed by atoms with E-state index in [4.69, 9.17) is 0 Å². The lowest BCUT2D eigenvalue weighted by atomic mass is 10.1. The van der Waals surface area contributed by atoms with Crippen molar-refractivity contribution in [2.75, 3.05) is 0 Å². The molecule has 0 fully saturated rings. The molecule has 0 bridgehead atoms. The van der Waals surface area contributed by atoms with Crippen molar-refractivity contribution in [2.24, 2.45) is 0 Å². The predicted octanol–water partition coefficient (Wildman–Crippen LogP) is 5.04. The molecule has 0 saturated heterocycles. The van der Waals surface area contributed by atoms with Crippen molar-refractivity contribution in [3.8, 4) is 5.69 Å². The summed E-state index contributed by atoms with van der Waals surface area (Å²) in [7, 11) is 0. The number of H-pyrrole nitrogens is 1. The SMILES string of the molecule is Cc1cccc(-n2c(C)nnc2SC(C)C(=O)c2c(C)[nH]c3ccccc23)c1. The van der Waals surface area contributed by atoms with Crippen molar-refractivity contribution in [3.63, 3.8) is 0 Å². The summed E-state index contributed by atoms with van der Waals surface area (Å²) < 4.78 is 2.00. The molecule has 4 aromatic rings. The second kappa shape index (κ2) is 7.28. The summed E-state index contributed by atoms with van der Waals surface area (Å²) in [5.41, 5.74) is 4.82. The monoisotopic (exact) mass is 390 g/mol. The first-order valence-corrected chi connectivity index (χ1v) is 10.1. The Morgan fingerprint density at radius 1 is 1.07 bits per heavy atom. The van der Waals surface area contributed by atoms with Gasteiger partial charge in [-0.3, -0.25) is 9.36 Å². The van der Waals surface area contributed by atoms with Crippen LogP contribution in [0.2, 0.25) is 0 Å². The van der Waals surface area contributed by atoms with Crippen molar-refractivity contribution in [2.45, 2.75) is 38.1 Å². The predicted molar refractivity (Wildman–Crippen MR) is 114 cm³/mol. The summed E-state index contributed by atoms with van der Waals surface area (Å²) in [6, 6.07) is 16.1. The van der Waals surface area contributed by atoms with E-state index in [2.05, 4.69) is 34.2 Å². The van der Waals surface area contributed by atoms with E-state index in [-0.39, 0.29) is 11.0 Å². The van der Waals surface area contributed by atoms with Crippen LogP contribution in [0.1, 0.15) is 34.4 Å². The van der Waals surface area contributed by atoms with Gasteiger partial charge in [-0.05, 0) is 51.5 Å². The fourth-order valence-electron chi connectivity index (χ4n) is 3.49. The number of hydrogen-bond donors (Lipinski definition) is 1. The molecule has 0 radical (unpaired) electrons. The van der Waals surface area contributed by atoms with Gasteiger partial charge in [0.2, 0.25) is 0 Å². The number of aryl methyl sites for hydroxylation is 3. The standard InChI is InChI=1S/C22H22N4OS/c1-13-8-7-9-17(12-13)26-16(4)24-25-22(26)28-15(3)21(27)20-14(2)23-19-11-6-5-10-18(19)20/h5-12,15,23H,1-4H3. The molecule has 5 nitrogen and oxygen atoms in total. The lowest BCUT2D eigenvalue weighted by Gasteiger charge is -2.13. The molecule has 1 unspecified atom stereocenters. The number of fused-ring (bicyclic) bond motifs is 1. The van der Waals surface area contributed by atoms with Gasteiger partial charge < -0.3 is 4.98 Å². The fourth-order valence-corrected chi connectivity index (χ4v) is 4.46. The second-order valence-corrected chi connectivity index (χ2v) is 8.31. The molecule has 0 aliphatic carbocycles. The number of Topliss-reactive ketones (excluding diaryl/α,β-unsaturated/α-hetero) is 1. The van der Waals surface area contributed by atoms with Crippen molar-refractivity contribution < 1.29 is 4.79 Å². The van der Waals surface area contributed by atoms with Gasteiger partial charge >= 0.3 is 0 Å². The lowest BCUT2D eigenvalue weighted by Crippen LogP contribution is -2.15. The molecule has 0 aliphatic heterocycles. The number of nitrogens with zero attached hydrogens (tertiary/aromatic N) is 3. The Bertz CT molecular complexity index is 1170. The Balaban J connectivity index is 1.67. The van der Waals surface area contributed by atoms with Gasteiger partial charge in [-0.2, -0.15) is 0 Å². The number of benzene rings is 2. The Morgan fingerprint density at radius 3 is 2.64 bits per heavy atom. The topological polar surface area (TPSA) is 63.6 Å². The van der Waals surface area contributed by atoms with Gasteiger partial charge in [-0.25, -0.2) is 0 Å². The van der Waals surface area contributed by atoms with E-state index < -0.39 is 0 Å². The first-order chi connectivity index (χ1) is 13.5. The molecule has 28 heavy (non-hydrogen) atoms. The zero-order valence-electron chi connectivity index (χ0n) is 16.4. The molecule has 142 valence electrons. The number of carbonyl (C=O) groups excluding carboxylic acids is 1. The third-order valence-electron chi connectivity index (χ3n) is 4.85. The third-order valence-corrected chi connectivity index (χ3v) is 5.89. The van der Waals surface area contributed by atoms with Crippen LogP contribution in [-0.2, 0) is 0 Å². The Hall–Kier alpha value is -2.86. The van der Waals surface area contributed by atoms with Crippen LogP contribution >= 0.6 is 11.8 Å². The number of carbonyl (C=O) groups is 1. The smallest absolute Gasteiger partial charge is 0.196 e. The highest BCUT2D eigenvalue weighted by Gasteiger charge is 2.24. The van der Waals surface area contributed by atoms with Crippen molar-refractivity contribution in [3.05, 3.63) is 71.2 Å². The summed E-state index contributed by atoms with van der Waals surface area (Å²) in [5.74, 6) is 0.896. The van der Waals surface area contributed by atoms with Crippen LogP contribution in [0, 0.1) is 20.8 Å². The second-order valence-electron chi connectivity index (χ2n) is 7.00. The van der Waals surface area contributed by atoms with Crippen molar-refractivity contribution in [1.29, 1.82) is 0 Å². The minimum atomic E-state index is -0.287. The van der Waals surface area contributed by atoms with Crippen LogP contribution in [0.15, 0.2) is 53.7 Å². The van der Waals surface area contributed by atoms with Gasteiger partial charge in [0.05, 0.1) is 5.25 Å². The number of aromatic nitrogens is 4. The van der Waals surface area contributed by atoms with Crippen LogP contribution in [-0.4, -0.2) is 30.8 Å². The van der Waals surface area contributed by atoms with Gasteiger partial charge in [-0.15, -0.1) is 10.2 Å². The van der Waals surface area contributed by atoms with Crippen LogP contribution < -0.4 is 0 Å². The number of rotatable bonds is 5. The van der Waals surface area contributed by atoms with E-state index in [1.165, 1.54) is 17.3 Å². The van der Waals surface area contributed by atoms with E-state index >= 15 is 0 Å². The summed E-state index contributed by atoms with van der Waals surface area (Å²) in [6.45, 7) is 7.86. The number of para-hydroxylation sites is 1. The third kappa shape index (κ3) is 3.24. The molecule has 2 heterocycles. The highest BCUT2D eigenvalue weighted by Crippen LogP contribution is 2.31. The average molecular weight is 391 g/mol. The molecule has 4 rings (SSSR count).